The van der Waals surface area contributed by atoms with Gasteiger partial charge in [0.2, 0.25) is 5.69 Å². The smallest absolute Gasteiger partial charge is 0.277 e. The number of rotatable bonds is 7. The number of amides is 1. The molecule has 1 amide bonds. The summed E-state index contributed by atoms with van der Waals surface area (Å²) in [5, 5.41) is 14.6. The van der Waals surface area contributed by atoms with Crippen molar-refractivity contribution in [2.24, 2.45) is 5.10 Å². The number of carbonyl (C=O) groups is 1. The van der Waals surface area contributed by atoms with E-state index in [9.17, 15) is 4.79 Å². The molecule has 1 aromatic heterocycles. The SMILES string of the molecule is CNC(=O)c1nnn(/N=C\c2ccc(OC)cc2)c1OCc1ccccc1. The van der Waals surface area contributed by atoms with Crippen molar-refractivity contribution in [3.63, 3.8) is 0 Å². The van der Waals surface area contributed by atoms with Crippen LogP contribution in [0, 0.1) is 0 Å². The lowest BCUT2D eigenvalue weighted by molar-refractivity contribution is 0.0953. The second kappa shape index (κ2) is 8.61. The molecule has 0 bridgehead atoms. The second-order valence-corrected chi connectivity index (χ2v) is 5.50. The van der Waals surface area contributed by atoms with E-state index in [1.807, 2.05) is 54.6 Å². The van der Waals surface area contributed by atoms with Crippen LogP contribution in [0.5, 0.6) is 11.6 Å². The quantitative estimate of drug-likeness (QED) is 0.648. The van der Waals surface area contributed by atoms with Crippen molar-refractivity contribution in [1.82, 2.24) is 20.4 Å². The molecule has 0 aliphatic carbocycles. The van der Waals surface area contributed by atoms with Gasteiger partial charge in [-0.15, -0.1) is 5.10 Å². The molecule has 0 fully saturated rings. The Bertz CT molecular complexity index is 920. The number of aromatic nitrogens is 3. The molecule has 0 saturated heterocycles. The molecule has 3 aromatic rings. The van der Waals surface area contributed by atoms with Gasteiger partial charge in [0, 0.05) is 7.05 Å². The van der Waals surface area contributed by atoms with Crippen LogP contribution in [0.25, 0.3) is 0 Å². The Kier molecular flexibility index (Phi) is 5.78. The third kappa shape index (κ3) is 4.49. The Balaban J connectivity index is 1.83. The summed E-state index contributed by atoms with van der Waals surface area (Å²) in [6.45, 7) is 0.260. The molecule has 0 spiro atoms. The Morgan fingerprint density at radius 1 is 1.19 bits per heavy atom. The lowest BCUT2D eigenvalue weighted by atomic mass is 10.2. The van der Waals surface area contributed by atoms with Crippen molar-refractivity contribution < 1.29 is 14.3 Å². The summed E-state index contributed by atoms with van der Waals surface area (Å²) in [5.74, 6) is 0.522. The third-order valence-electron chi connectivity index (χ3n) is 3.71. The maximum Gasteiger partial charge on any atom is 0.277 e. The molecule has 0 unspecified atom stereocenters. The molecule has 1 heterocycles. The predicted molar refractivity (Wildman–Crippen MR) is 100 cm³/mol. The first kappa shape index (κ1) is 18.1. The maximum atomic E-state index is 12.0. The van der Waals surface area contributed by atoms with Gasteiger partial charge in [0.25, 0.3) is 11.8 Å². The van der Waals surface area contributed by atoms with Gasteiger partial charge in [-0.05, 0) is 40.6 Å². The number of methoxy groups -OCH3 is 1. The first-order valence-electron chi connectivity index (χ1n) is 8.24. The lowest BCUT2D eigenvalue weighted by Gasteiger charge is -2.07. The molecule has 2 aromatic carbocycles. The van der Waals surface area contributed by atoms with E-state index in [1.165, 1.54) is 11.8 Å². The number of nitrogens with one attached hydrogen (secondary N) is 1. The maximum absolute atomic E-state index is 12.0. The van der Waals surface area contributed by atoms with Crippen LogP contribution in [0.1, 0.15) is 21.6 Å². The summed E-state index contributed by atoms with van der Waals surface area (Å²) >= 11 is 0. The minimum atomic E-state index is -0.399. The van der Waals surface area contributed by atoms with Crippen LogP contribution in [0.4, 0.5) is 0 Å². The first-order chi connectivity index (χ1) is 13.2. The van der Waals surface area contributed by atoms with E-state index in [0.717, 1.165) is 16.9 Å². The van der Waals surface area contributed by atoms with Crippen molar-refractivity contribution in [3.8, 4) is 11.6 Å². The van der Waals surface area contributed by atoms with Gasteiger partial charge < -0.3 is 14.8 Å². The molecule has 3 rings (SSSR count). The topological polar surface area (TPSA) is 90.6 Å². The van der Waals surface area contributed by atoms with Gasteiger partial charge in [-0.2, -0.15) is 5.10 Å². The fraction of sp³-hybridized carbons (Fsp3) is 0.158. The van der Waals surface area contributed by atoms with Crippen molar-refractivity contribution in [3.05, 3.63) is 71.4 Å². The van der Waals surface area contributed by atoms with Crippen LogP contribution in [0.2, 0.25) is 0 Å². The zero-order valence-corrected chi connectivity index (χ0v) is 15.0. The van der Waals surface area contributed by atoms with Gasteiger partial charge in [-0.1, -0.05) is 35.1 Å². The van der Waals surface area contributed by atoms with Crippen LogP contribution in [-0.2, 0) is 6.61 Å². The Hall–Kier alpha value is -3.68. The van der Waals surface area contributed by atoms with Gasteiger partial charge in [-0.3, -0.25) is 4.79 Å². The molecular formula is C19H19N5O3. The highest BCUT2D eigenvalue weighted by atomic mass is 16.5. The predicted octanol–water partition coefficient (Wildman–Crippen LogP) is 2.11. The Morgan fingerprint density at radius 2 is 1.93 bits per heavy atom. The molecule has 0 aliphatic rings. The highest BCUT2D eigenvalue weighted by Crippen LogP contribution is 2.18. The highest BCUT2D eigenvalue weighted by molar-refractivity contribution is 5.94. The van der Waals surface area contributed by atoms with Gasteiger partial charge in [0.1, 0.15) is 12.4 Å². The summed E-state index contributed by atoms with van der Waals surface area (Å²) in [5.41, 5.74) is 1.86. The fourth-order valence-electron chi connectivity index (χ4n) is 2.27. The number of ether oxygens (including phenoxy) is 2. The minimum absolute atomic E-state index is 0.0697. The number of benzene rings is 2. The van der Waals surface area contributed by atoms with Gasteiger partial charge in [0.05, 0.1) is 13.3 Å². The van der Waals surface area contributed by atoms with E-state index in [0.29, 0.717) is 0 Å². The largest absolute Gasteiger partial charge is 0.497 e. The van der Waals surface area contributed by atoms with Gasteiger partial charge in [0.15, 0.2) is 0 Å². The van der Waals surface area contributed by atoms with Crippen LogP contribution in [0.3, 0.4) is 0 Å². The van der Waals surface area contributed by atoms with E-state index in [2.05, 4.69) is 20.7 Å². The van der Waals surface area contributed by atoms with Gasteiger partial charge in [-0.25, -0.2) is 0 Å². The molecule has 138 valence electrons. The summed E-state index contributed by atoms with van der Waals surface area (Å²) in [6.07, 6.45) is 1.59. The zero-order valence-electron chi connectivity index (χ0n) is 15.0. The average Bonchev–Trinajstić information content (AvgIpc) is 3.14. The lowest BCUT2D eigenvalue weighted by Crippen LogP contribution is -2.19. The average molecular weight is 365 g/mol. The first-order valence-corrected chi connectivity index (χ1v) is 8.24. The normalized spacial score (nSPS) is 10.7. The highest BCUT2D eigenvalue weighted by Gasteiger charge is 2.20. The van der Waals surface area contributed by atoms with E-state index < -0.39 is 5.91 Å². The van der Waals surface area contributed by atoms with E-state index >= 15 is 0 Å². The molecule has 0 atom stereocenters. The summed E-state index contributed by atoms with van der Waals surface area (Å²) in [7, 11) is 3.12. The third-order valence-corrected chi connectivity index (χ3v) is 3.71. The van der Waals surface area contributed by atoms with Crippen molar-refractivity contribution in [1.29, 1.82) is 0 Å². The molecule has 0 saturated carbocycles. The van der Waals surface area contributed by atoms with Crippen molar-refractivity contribution in [2.45, 2.75) is 6.61 Å². The van der Waals surface area contributed by atoms with E-state index in [-0.39, 0.29) is 18.2 Å². The van der Waals surface area contributed by atoms with Crippen molar-refractivity contribution >= 4 is 12.1 Å². The molecule has 0 aliphatic heterocycles. The standard InChI is InChI=1S/C19H19N5O3/c1-20-18(25)17-19(27-13-15-6-4-3-5-7-15)24(23-22-17)21-12-14-8-10-16(26-2)11-9-14/h3-12H,13H2,1-2H3,(H,20,25)/b21-12-. The molecule has 27 heavy (non-hydrogen) atoms. The molecule has 8 heteroatoms. The Labute approximate surface area is 156 Å². The zero-order chi connectivity index (χ0) is 19.1. The van der Waals surface area contributed by atoms with Gasteiger partial charge >= 0.3 is 0 Å². The number of hydrogen-bond acceptors (Lipinski definition) is 6. The molecule has 8 nitrogen and oxygen atoms in total. The molecule has 1 N–H and O–H groups in total. The van der Waals surface area contributed by atoms with E-state index in [4.69, 9.17) is 9.47 Å². The van der Waals surface area contributed by atoms with Crippen LogP contribution in [-0.4, -0.2) is 41.4 Å². The van der Waals surface area contributed by atoms with Crippen molar-refractivity contribution in [2.75, 3.05) is 14.2 Å². The number of nitrogens with zero attached hydrogens (tertiary/aromatic N) is 4. The fourth-order valence-corrected chi connectivity index (χ4v) is 2.27. The second-order valence-electron chi connectivity index (χ2n) is 5.50. The van der Waals surface area contributed by atoms with Crippen LogP contribution in [0.15, 0.2) is 59.7 Å². The summed E-state index contributed by atoms with van der Waals surface area (Å²) < 4.78 is 10.9. The number of hydrogen-bond donors (Lipinski definition) is 1. The molecule has 0 radical (unpaired) electrons. The monoisotopic (exact) mass is 365 g/mol. The van der Waals surface area contributed by atoms with E-state index in [1.54, 1.807) is 13.3 Å². The Morgan fingerprint density at radius 3 is 2.59 bits per heavy atom. The summed E-state index contributed by atoms with van der Waals surface area (Å²) in [6, 6.07) is 16.9. The summed E-state index contributed by atoms with van der Waals surface area (Å²) in [4.78, 5) is 13.2. The number of carbonyl (C=O) groups excluding carboxylic acids is 1. The molecular weight excluding hydrogens is 346 g/mol. The van der Waals surface area contributed by atoms with Crippen LogP contribution >= 0.6 is 0 Å². The van der Waals surface area contributed by atoms with Crippen LogP contribution < -0.4 is 14.8 Å². The minimum Gasteiger partial charge on any atom is -0.497 e.